The van der Waals surface area contributed by atoms with Crippen LogP contribution in [0, 0.1) is 0 Å². The number of rotatable bonds is 13. The van der Waals surface area contributed by atoms with Crippen LogP contribution < -0.4 is 9.47 Å². The van der Waals surface area contributed by atoms with Gasteiger partial charge in [0.25, 0.3) is 5.91 Å². The molecule has 34 heavy (non-hydrogen) atoms. The van der Waals surface area contributed by atoms with Crippen molar-refractivity contribution in [2.24, 2.45) is 0 Å². The van der Waals surface area contributed by atoms with E-state index in [9.17, 15) is 4.79 Å². The summed E-state index contributed by atoms with van der Waals surface area (Å²) in [5.41, 5.74) is 5.82. The van der Waals surface area contributed by atoms with Crippen molar-refractivity contribution in [3.63, 3.8) is 0 Å². The molecular formula is C29H39NO4. The van der Waals surface area contributed by atoms with Crippen LogP contribution in [-0.2, 0) is 19.5 Å². The summed E-state index contributed by atoms with van der Waals surface area (Å²) in [6, 6.07) is 10.1. The molecule has 1 aliphatic heterocycles. The summed E-state index contributed by atoms with van der Waals surface area (Å²) in [5.74, 6) is 1.26. The van der Waals surface area contributed by atoms with Gasteiger partial charge in [0.15, 0.2) is 0 Å². The van der Waals surface area contributed by atoms with Crippen molar-refractivity contribution in [2.75, 3.05) is 19.8 Å². The second-order valence-electron chi connectivity index (χ2n) is 9.12. The number of hydrogen-bond donors (Lipinski definition) is 1. The highest BCUT2D eigenvalue weighted by Crippen LogP contribution is 2.36. The molecule has 1 N–H and O–H groups in total. The number of allylic oxidation sites excluding steroid dienone is 1. The third kappa shape index (κ3) is 6.41. The van der Waals surface area contributed by atoms with Crippen molar-refractivity contribution in [3.05, 3.63) is 64.7 Å². The van der Waals surface area contributed by atoms with Crippen LogP contribution in [0.4, 0.5) is 0 Å². The summed E-state index contributed by atoms with van der Waals surface area (Å²) in [6.07, 6.45) is 5.55. The number of amides is 1. The second-order valence-corrected chi connectivity index (χ2v) is 9.12. The molecule has 0 saturated carbocycles. The Bertz CT molecular complexity index is 998. The minimum absolute atomic E-state index is 0.0396. The molecule has 0 unspecified atom stereocenters. The molecule has 0 aliphatic carbocycles. The molecule has 5 heteroatoms. The van der Waals surface area contributed by atoms with Crippen LogP contribution in [0.15, 0.2) is 36.9 Å². The quantitative estimate of drug-likeness (QED) is 0.360. The predicted octanol–water partition coefficient (Wildman–Crippen LogP) is 6.16. The lowest BCUT2D eigenvalue weighted by Crippen LogP contribution is -2.26. The number of hydrogen-bond acceptors (Lipinski definition) is 4. The van der Waals surface area contributed by atoms with Crippen molar-refractivity contribution in [1.82, 2.24) is 4.90 Å². The smallest absolute Gasteiger partial charge is 0.258 e. The van der Waals surface area contributed by atoms with E-state index in [0.29, 0.717) is 37.6 Å². The minimum atomic E-state index is -0.0396. The van der Waals surface area contributed by atoms with E-state index in [1.807, 2.05) is 24.0 Å². The number of fused-ring (bicyclic) bond motifs is 1. The summed E-state index contributed by atoms with van der Waals surface area (Å²) < 4.78 is 12.2. The fraction of sp³-hybridized carbons (Fsp3) is 0.483. The lowest BCUT2D eigenvalue weighted by Gasteiger charge is -2.21. The van der Waals surface area contributed by atoms with Gasteiger partial charge in [0, 0.05) is 31.3 Å². The Morgan fingerprint density at radius 1 is 0.941 bits per heavy atom. The van der Waals surface area contributed by atoms with Gasteiger partial charge in [-0.25, -0.2) is 0 Å². The van der Waals surface area contributed by atoms with E-state index >= 15 is 0 Å². The van der Waals surface area contributed by atoms with E-state index in [1.165, 1.54) is 16.7 Å². The Kier molecular flexibility index (Phi) is 9.58. The lowest BCUT2D eigenvalue weighted by atomic mass is 10.0. The molecule has 0 radical (unpaired) electrons. The number of carbonyl (C=O) groups is 1. The van der Waals surface area contributed by atoms with Crippen LogP contribution in [0.3, 0.4) is 0 Å². The minimum Gasteiger partial charge on any atom is -0.493 e. The molecular weight excluding hydrogens is 426 g/mol. The molecule has 2 aromatic carbocycles. The molecule has 2 aromatic rings. The molecule has 0 atom stereocenters. The third-order valence-electron chi connectivity index (χ3n) is 6.19. The number of carbonyl (C=O) groups excluding carboxylic acids is 1. The largest absolute Gasteiger partial charge is 0.493 e. The van der Waals surface area contributed by atoms with Crippen molar-refractivity contribution in [3.8, 4) is 11.5 Å². The average molecular weight is 466 g/mol. The molecule has 1 amide bonds. The highest BCUT2D eigenvalue weighted by molar-refractivity contribution is 5.98. The second kappa shape index (κ2) is 12.6. The van der Waals surface area contributed by atoms with Crippen LogP contribution in [0.25, 0.3) is 5.57 Å². The van der Waals surface area contributed by atoms with Crippen molar-refractivity contribution < 1.29 is 19.4 Å². The average Bonchev–Trinajstić information content (AvgIpc) is 3.26. The summed E-state index contributed by atoms with van der Waals surface area (Å²) >= 11 is 0. The van der Waals surface area contributed by atoms with Gasteiger partial charge in [0.1, 0.15) is 11.5 Å². The number of nitrogens with zero attached hydrogens (tertiary/aromatic N) is 1. The number of aryl methyl sites for hydroxylation is 1. The first-order valence-electron chi connectivity index (χ1n) is 12.6. The molecule has 0 fully saturated rings. The number of aliphatic hydroxyl groups excluding tert-OH is 1. The Morgan fingerprint density at radius 2 is 1.59 bits per heavy atom. The molecule has 0 spiro atoms. The van der Waals surface area contributed by atoms with Gasteiger partial charge >= 0.3 is 0 Å². The van der Waals surface area contributed by atoms with Crippen molar-refractivity contribution >= 4 is 11.5 Å². The van der Waals surface area contributed by atoms with Crippen LogP contribution in [0.1, 0.15) is 85.5 Å². The molecule has 3 rings (SSSR count). The molecule has 1 heterocycles. The van der Waals surface area contributed by atoms with Gasteiger partial charge in [0.05, 0.1) is 18.8 Å². The maximum absolute atomic E-state index is 13.7. The van der Waals surface area contributed by atoms with E-state index in [4.69, 9.17) is 14.6 Å². The molecule has 184 valence electrons. The molecule has 0 saturated heterocycles. The maximum Gasteiger partial charge on any atom is 0.258 e. The Labute approximate surface area is 204 Å². The van der Waals surface area contributed by atoms with Gasteiger partial charge in [-0.15, -0.1) is 0 Å². The third-order valence-corrected chi connectivity index (χ3v) is 6.19. The Balaban J connectivity index is 1.88. The number of ether oxygens (including phenoxy) is 2. The predicted molar refractivity (Wildman–Crippen MR) is 137 cm³/mol. The van der Waals surface area contributed by atoms with E-state index in [-0.39, 0.29) is 12.5 Å². The van der Waals surface area contributed by atoms with Crippen LogP contribution in [0.5, 0.6) is 11.5 Å². The molecule has 0 bridgehead atoms. The number of benzene rings is 2. The van der Waals surface area contributed by atoms with Crippen molar-refractivity contribution in [2.45, 2.75) is 72.4 Å². The normalized spacial score (nSPS) is 12.5. The van der Waals surface area contributed by atoms with E-state index < -0.39 is 0 Å². The zero-order chi connectivity index (χ0) is 24.5. The Hall–Kier alpha value is -2.79. The topological polar surface area (TPSA) is 59.0 Å². The van der Waals surface area contributed by atoms with Crippen LogP contribution in [-0.4, -0.2) is 35.7 Å². The molecule has 0 aromatic heterocycles. The van der Waals surface area contributed by atoms with Crippen molar-refractivity contribution in [1.29, 1.82) is 0 Å². The first kappa shape index (κ1) is 25.8. The van der Waals surface area contributed by atoms with Gasteiger partial charge < -0.3 is 19.5 Å². The summed E-state index contributed by atoms with van der Waals surface area (Å²) in [4.78, 5) is 15.6. The SMILES string of the molecule is C=C(C)c1cc(C(=O)N2Cc3ccc(CCCO)cc3C2)c(OCCCC)cc1OCCCC. The zero-order valence-corrected chi connectivity index (χ0v) is 21.0. The number of unbranched alkanes of at least 4 members (excludes halogenated alkanes) is 2. The molecule has 5 nitrogen and oxygen atoms in total. The lowest BCUT2D eigenvalue weighted by molar-refractivity contribution is 0.0746. The van der Waals surface area contributed by atoms with Crippen LogP contribution >= 0.6 is 0 Å². The van der Waals surface area contributed by atoms with E-state index in [2.05, 4.69) is 38.6 Å². The van der Waals surface area contributed by atoms with Crippen LogP contribution in [0.2, 0.25) is 0 Å². The summed E-state index contributed by atoms with van der Waals surface area (Å²) in [5, 5.41) is 9.13. The monoisotopic (exact) mass is 465 g/mol. The van der Waals surface area contributed by atoms with Gasteiger partial charge in [-0.2, -0.15) is 0 Å². The fourth-order valence-electron chi connectivity index (χ4n) is 4.15. The molecule has 1 aliphatic rings. The van der Waals surface area contributed by atoms with Gasteiger partial charge in [-0.1, -0.05) is 51.5 Å². The first-order valence-corrected chi connectivity index (χ1v) is 12.6. The van der Waals surface area contributed by atoms with Gasteiger partial charge in [0.2, 0.25) is 0 Å². The summed E-state index contributed by atoms with van der Waals surface area (Å²) in [7, 11) is 0. The maximum atomic E-state index is 13.7. The standard InChI is InChI=1S/C29H39NO4/c1-5-7-14-33-27-18-28(34-15-8-6-2)26(17-25(27)21(3)4)29(32)30-19-23-12-11-22(10-9-13-31)16-24(23)20-30/h11-12,16-18,31H,3,5-10,13-15,19-20H2,1-2,4H3. The zero-order valence-electron chi connectivity index (χ0n) is 21.0. The first-order chi connectivity index (χ1) is 16.5. The van der Waals surface area contributed by atoms with E-state index in [1.54, 1.807) is 0 Å². The number of aliphatic hydroxyl groups is 1. The summed E-state index contributed by atoms with van der Waals surface area (Å²) in [6.45, 7) is 12.8. The highest BCUT2D eigenvalue weighted by atomic mass is 16.5. The Morgan fingerprint density at radius 3 is 2.21 bits per heavy atom. The van der Waals surface area contributed by atoms with Gasteiger partial charge in [-0.05, 0) is 60.9 Å². The van der Waals surface area contributed by atoms with E-state index in [0.717, 1.165) is 55.4 Å². The highest BCUT2D eigenvalue weighted by Gasteiger charge is 2.28. The fourth-order valence-corrected chi connectivity index (χ4v) is 4.15. The van der Waals surface area contributed by atoms with Gasteiger partial charge in [-0.3, -0.25) is 4.79 Å².